The molecule has 0 aliphatic carbocycles. The molecule has 1 atom stereocenters. The highest BCUT2D eigenvalue weighted by molar-refractivity contribution is 5.76. The molecule has 0 aliphatic rings. The van der Waals surface area contributed by atoms with E-state index in [0.717, 1.165) is 18.7 Å². The minimum Gasteiger partial charge on any atom is -0.347 e. The largest absolute Gasteiger partial charge is 0.347 e. The Kier molecular flexibility index (Phi) is 4.93. The Hall–Kier alpha value is -2.10. The van der Waals surface area contributed by atoms with Gasteiger partial charge >= 0.3 is 0 Å². The van der Waals surface area contributed by atoms with Gasteiger partial charge in [-0.25, -0.2) is 4.98 Å². The summed E-state index contributed by atoms with van der Waals surface area (Å²) in [6.07, 6.45) is 5.75. The summed E-state index contributed by atoms with van der Waals surface area (Å²) in [7, 11) is 0. The van der Waals surface area contributed by atoms with E-state index in [9.17, 15) is 4.79 Å². The third-order valence-corrected chi connectivity index (χ3v) is 3.38. The van der Waals surface area contributed by atoms with Crippen molar-refractivity contribution in [3.8, 4) is 0 Å². The lowest BCUT2D eigenvalue weighted by molar-refractivity contribution is -0.121. The smallest absolute Gasteiger partial charge is 0.220 e. The van der Waals surface area contributed by atoms with Crippen LogP contribution >= 0.6 is 0 Å². The first-order valence-electron chi connectivity index (χ1n) is 7.05. The van der Waals surface area contributed by atoms with E-state index in [1.54, 1.807) is 12.4 Å². The highest BCUT2D eigenvalue weighted by Crippen LogP contribution is 2.09. The second kappa shape index (κ2) is 6.89. The van der Waals surface area contributed by atoms with E-state index in [-0.39, 0.29) is 11.9 Å². The Morgan fingerprint density at radius 2 is 2.00 bits per heavy atom. The number of aromatic nitrogens is 2. The molecule has 0 spiro atoms. The van der Waals surface area contributed by atoms with Crippen LogP contribution in [0.1, 0.15) is 43.3 Å². The third kappa shape index (κ3) is 3.95. The summed E-state index contributed by atoms with van der Waals surface area (Å²) < 4.78 is 0. The number of hydrogen-bond acceptors (Lipinski definition) is 2. The second-order valence-electron chi connectivity index (χ2n) is 4.93. The fourth-order valence-corrected chi connectivity index (χ4v) is 2.10. The van der Waals surface area contributed by atoms with Crippen molar-refractivity contribution in [2.75, 3.05) is 0 Å². The minimum absolute atomic E-state index is 0.0495. The number of hydrogen-bond donors (Lipinski definition) is 2. The van der Waals surface area contributed by atoms with Crippen molar-refractivity contribution in [2.45, 2.75) is 39.2 Å². The number of aromatic amines is 1. The van der Waals surface area contributed by atoms with E-state index < -0.39 is 0 Å². The van der Waals surface area contributed by atoms with Crippen LogP contribution in [-0.2, 0) is 17.6 Å². The lowest BCUT2D eigenvalue weighted by Gasteiger charge is -2.11. The monoisotopic (exact) mass is 271 g/mol. The predicted molar refractivity (Wildman–Crippen MR) is 79.3 cm³/mol. The van der Waals surface area contributed by atoms with E-state index in [4.69, 9.17) is 0 Å². The highest BCUT2D eigenvalue weighted by Gasteiger charge is 2.11. The van der Waals surface area contributed by atoms with Gasteiger partial charge in [-0.15, -0.1) is 0 Å². The van der Waals surface area contributed by atoms with Crippen molar-refractivity contribution >= 4 is 5.91 Å². The van der Waals surface area contributed by atoms with Crippen molar-refractivity contribution < 1.29 is 4.79 Å². The molecular formula is C16H21N3O. The molecule has 2 aromatic rings. The van der Waals surface area contributed by atoms with Gasteiger partial charge in [0.2, 0.25) is 5.91 Å². The van der Waals surface area contributed by atoms with Gasteiger partial charge in [-0.2, -0.15) is 0 Å². The molecule has 20 heavy (non-hydrogen) atoms. The molecule has 106 valence electrons. The molecule has 1 aromatic heterocycles. The zero-order chi connectivity index (χ0) is 14.4. The Morgan fingerprint density at radius 1 is 1.30 bits per heavy atom. The van der Waals surface area contributed by atoms with Crippen LogP contribution in [-0.4, -0.2) is 15.9 Å². The fourth-order valence-electron chi connectivity index (χ4n) is 2.10. The molecule has 1 unspecified atom stereocenters. The zero-order valence-corrected chi connectivity index (χ0v) is 12.0. The number of carbonyl (C=O) groups excluding carboxylic acids is 1. The first kappa shape index (κ1) is 14.3. The summed E-state index contributed by atoms with van der Waals surface area (Å²) in [6.45, 7) is 4.06. The predicted octanol–water partition coefficient (Wildman–Crippen LogP) is 2.78. The minimum atomic E-state index is -0.0834. The number of rotatable bonds is 6. The van der Waals surface area contributed by atoms with E-state index in [1.165, 1.54) is 11.1 Å². The molecule has 0 fully saturated rings. The van der Waals surface area contributed by atoms with Gasteiger partial charge in [0.25, 0.3) is 0 Å². The lowest BCUT2D eigenvalue weighted by atomic mass is 10.1. The molecular weight excluding hydrogens is 250 g/mol. The summed E-state index contributed by atoms with van der Waals surface area (Å²) in [5, 5.41) is 2.94. The standard InChI is InChI=1S/C16H21N3O/c1-3-13-4-6-14(7-5-13)8-9-15(20)19-12(2)16-17-10-11-18-16/h4-7,10-12H,3,8-9H2,1-2H3,(H,17,18)(H,19,20). The van der Waals surface area contributed by atoms with Gasteiger partial charge in [0.05, 0.1) is 6.04 Å². The first-order chi connectivity index (χ1) is 9.69. The highest BCUT2D eigenvalue weighted by atomic mass is 16.1. The number of carbonyl (C=O) groups is 1. The Morgan fingerprint density at radius 3 is 2.60 bits per heavy atom. The molecule has 2 N–H and O–H groups in total. The number of nitrogens with zero attached hydrogens (tertiary/aromatic N) is 1. The van der Waals surface area contributed by atoms with Crippen LogP contribution in [0.4, 0.5) is 0 Å². The first-order valence-corrected chi connectivity index (χ1v) is 7.05. The van der Waals surface area contributed by atoms with Crippen molar-refractivity contribution in [3.05, 3.63) is 53.6 Å². The number of benzene rings is 1. The molecule has 0 saturated carbocycles. The van der Waals surface area contributed by atoms with E-state index in [0.29, 0.717) is 6.42 Å². The van der Waals surface area contributed by atoms with Gasteiger partial charge in [0.1, 0.15) is 5.82 Å². The summed E-state index contributed by atoms with van der Waals surface area (Å²) >= 11 is 0. The maximum absolute atomic E-state index is 11.9. The van der Waals surface area contributed by atoms with Crippen LogP contribution < -0.4 is 5.32 Å². The van der Waals surface area contributed by atoms with Gasteiger partial charge in [-0.3, -0.25) is 4.79 Å². The lowest BCUT2D eigenvalue weighted by Crippen LogP contribution is -2.27. The summed E-state index contributed by atoms with van der Waals surface area (Å²) in [6, 6.07) is 8.36. The molecule has 0 bridgehead atoms. The van der Waals surface area contributed by atoms with Crippen LogP contribution in [0.3, 0.4) is 0 Å². The molecule has 1 heterocycles. The van der Waals surface area contributed by atoms with Crippen LogP contribution in [0.25, 0.3) is 0 Å². The molecule has 1 amide bonds. The average Bonchev–Trinajstić information content (AvgIpc) is 3.00. The molecule has 4 nitrogen and oxygen atoms in total. The second-order valence-corrected chi connectivity index (χ2v) is 4.93. The Labute approximate surface area is 119 Å². The summed E-state index contributed by atoms with van der Waals surface area (Å²) in [4.78, 5) is 19.0. The molecule has 1 aromatic carbocycles. The van der Waals surface area contributed by atoms with Crippen LogP contribution in [0.2, 0.25) is 0 Å². The normalized spacial score (nSPS) is 12.1. The van der Waals surface area contributed by atoms with Crippen molar-refractivity contribution in [1.29, 1.82) is 0 Å². The van der Waals surface area contributed by atoms with Gasteiger partial charge in [0.15, 0.2) is 0 Å². The number of imidazole rings is 1. The van der Waals surface area contributed by atoms with Gasteiger partial charge in [0, 0.05) is 18.8 Å². The number of H-pyrrole nitrogens is 1. The zero-order valence-electron chi connectivity index (χ0n) is 12.0. The van der Waals surface area contributed by atoms with Crippen LogP contribution in [0.5, 0.6) is 0 Å². The van der Waals surface area contributed by atoms with E-state index in [1.807, 2.05) is 6.92 Å². The van der Waals surface area contributed by atoms with Crippen LogP contribution in [0, 0.1) is 0 Å². The fraction of sp³-hybridized carbons (Fsp3) is 0.375. The quantitative estimate of drug-likeness (QED) is 0.848. The maximum Gasteiger partial charge on any atom is 0.220 e. The summed E-state index contributed by atoms with van der Waals surface area (Å²) in [5.41, 5.74) is 2.52. The number of amides is 1. The number of aryl methyl sites for hydroxylation is 2. The van der Waals surface area contributed by atoms with E-state index in [2.05, 4.69) is 46.5 Å². The molecule has 4 heteroatoms. The maximum atomic E-state index is 11.9. The molecule has 0 aliphatic heterocycles. The molecule has 0 saturated heterocycles. The topological polar surface area (TPSA) is 57.8 Å². The van der Waals surface area contributed by atoms with Crippen molar-refractivity contribution in [2.24, 2.45) is 0 Å². The summed E-state index contributed by atoms with van der Waals surface area (Å²) in [5.74, 6) is 0.833. The Bertz CT molecular complexity index is 531. The van der Waals surface area contributed by atoms with Crippen molar-refractivity contribution in [3.63, 3.8) is 0 Å². The van der Waals surface area contributed by atoms with Gasteiger partial charge < -0.3 is 10.3 Å². The molecule has 2 rings (SSSR count). The molecule has 0 radical (unpaired) electrons. The number of nitrogens with one attached hydrogen (secondary N) is 2. The van der Waals surface area contributed by atoms with Crippen LogP contribution in [0.15, 0.2) is 36.7 Å². The van der Waals surface area contributed by atoms with Gasteiger partial charge in [-0.05, 0) is 30.9 Å². The SMILES string of the molecule is CCc1ccc(CCC(=O)NC(C)c2ncc[nH]2)cc1. The van der Waals surface area contributed by atoms with Gasteiger partial charge in [-0.1, -0.05) is 31.2 Å². The third-order valence-electron chi connectivity index (χ3n) is 3.38. The average molecular weight is 271 g/mol. The van der Waals surface area contributed by atoms with Crippen molar-refractivity contribution in [1.82, 2.24) is 15.3 Å². The Balaban J connectivity index is 1.79. The van der Waals surface area contributed by atoms with E-state index >= 15 is 0 Å².